The van der Waals surface area contributed by atoms with E-state index in [1.165, 1.54) is 6.20 Å². The largest absolute Gasteiger partial charge is 0.379 e. The van der Waals surface area contributed by atoms with Gasteiger partial charge in [-0.05, 0) is 48.9 Å². The van der Waals surface area contributed by atoms with Gasteiger partial charge >= 0.3 is 0 Å². The molecule has 24 heavy (non-hydrogen) atoms. The highest BCUT2D eigenvalue weighted by molar-refractivity contribution is 7.91. The molecule has 0 fully saturated rings. The van der Waals surface area contributed by atoms with Crippen molar-refractivity contribution in [1.82, 2.24) is 4.98 Å². The number of halogens is 1. The first-order chi connectivity index (χ1) is 11.1. The van der Waals surface area contributed by atoms with Gasteiger partial charge in [-0.15, -0.1) is 0 Å². The molecule has 1 atom stereocenters. The summed E-state index contributed by atoms with van der Waals surface area (Å²) in [4.78, 5) is 16.0. The molecule has 2 rings (SSSR count). The normalized spacial score (nSPS) is 14.0. The lowest BCUT2D eigenvalue weighted by Crippen LogP contribution is -2.45. The number of nitrogens with zero attached hydrogens (tertiary/aromatic N) is 1. The number of carbonyl (C=O) groups excluding carboxylic acids is 1. The lowest BCUT2D eigenvalue weighted by atomic mass is 10.0. The zero-order chi connectivity index (χ0) is 18.0. The van der Waals surface area contributed by atoms with Crippen LogP contribution in [-0.2, 0) is 14.6 Å². The summed E-state index contributed by atoms with van der Waals surface area (Å²) in [6.45, 7) is 1.10. The highest BCUT2D eigenvalue weighted by Crippen LogP contribution is 2.19. The van der Waals surface area contributed by atoms with Crippen molar-refractivity contribution in [2.75, 3.05) is 11.1 Å². The van der Waals surface area contributed by atoms with Crippen molar-refractivity contribution in [2.45, 2.75) is 17.4 Å². The third kappa shape index (κ3) is 4.39. The number of nitrogens with one attached hydrogen (secondary N) is 1. The number of pyridine rings is 1. The summed E-state index contributed by atoms with van der Waals surface area (Å²) < 4.78 is 37.5. The van der Waals surface area contributed by atoms with E-state index in [4.69, 9.17) is 0 Å². The fourth-order valence-electron chi connectivity index (χ4n) is 1.97. The third-order valence-electron chi connectivity index (χ3n) is 3.30. The van der Waals surface area contributed by atoms with Gasteiger partial charge in [0, 0.05) is 6.20 Å². The van der Waals surface area contributed by atoms with Gasteiger partial charge in [0.1, 0.15) is 5.82 Å². The number of sulfone groups is 1. The number of anilines is 1. The maximum absolute atomic E-state index is 12.9. The van der Waals surface area contributed by atoms with Crippen LogP contribution in [0.1, 0.15) is 6.92 Å². The molecular formula is C15H16BFN2O4S. The monoisotopic (exact) mass is 350 g/mol. The lowest BCUT2D eigenvalue weighted by molar-refractivity contribution is -0.130. The zero-order valence-corrected chi connectivity index (χ0v) is 14.0. The van der Waals surface area contributed by atoms with Crippen LogP contribution in [0.15, 0.2) is 47.5 Å². The Bertz CT molecular complexity index is 837. The van der Waals surface area contributed by atoms with Gasteiger partial charge in [0.25, 0.3) is 5.91 Å². The quantitative estimate of drug-likeness (QED) is 0.567. The molecule has 1 heterocycles. The van der Waals surface area contributed by atoms with Gasteiger partial charge in [-0.1, -0.05) is 0 Å². The minimum atomic E-state index is -3.97. The molecule has 0 saturated carbocycles. The van der Waals surface area contributed by atoms with Crippen LogP contribution in [0.3, 0.4) is 0 Å². The van der Waals surface area contributed by atoms with Gasteiger partial charge in [0.2, 0.25) is 0 Å². The SMILES string of the molecule is Bc1ccc(NC(=O)[C@@](C)(O)CS(=O)(=O)c2ccc(F)cc2)cn1. The van der Waals surface area contributed by atoms with E-state index in [2.05, 4.69) is 10.3 Å². The predicted octanol–water partition coefficient (Wildman–Crippen LogP) is -0.358. The van der Waals surface area contributed by atoms with Gasteiger partial charge in [0.15, 0.2) is 23.3 Å². The minimum absolute atomic E-state index is 0.172. The first kappa shape index (κ1) is 18.1. The van der Waals surface area contributed by atoms with Crippen LogP contribution < -0.4 is 10.9 Å². The second-order valence-electron chi connectivity index (χ2n) is 5.63. The van der Waals surface area contributed by atoms with Gasteiger partial charge in [-0.2, -0.15) is 0 Å². The number of aliphatic hydroxyl groups is 1. The number of amides is 1. The molecule has 0 bridgehead atoms. The molecule has 0 aliphatic heterocycles. The van der Waals surface area contributed by atoms with Crippen molar-refractivity contribution in [2.24, 2.45) is 0 Å². The van der Waals surface area contributed by atoms with Gasteiger partial charge in [-0.25, -0.2) is 12.8 Å². The number of hydrogen-bond donors (Lipinski definition) is 2. The Morgan fingerprint density at radius 2 is 1.92 bits per heavy atom. The molecule has 2 aromatic rings. The Morgan fingerprint density at radius 3 is 2.46 bits per heavy atom. The van der Waals surface area contributed by atoms with Crippen LogP contribution in [0.5, 0.6) is 0 Å². The van der Waals surface area contributed by atoms with Crippen molar-refractivity contribution in [3.05, 3.63) is 48.4 Å². The van der Waals surface area contributed by atoms with E-state index in [-0.39, 0.29) is 4.90 Å². The molecule has 0 aliphatic carbocycles. The fourth-order valence-corrected chi connectivity index (χ4v) is 3.56. The second-order valence-corrected chi connectivity index (χ2v) is 7.62. The van der Waals surface area contributed by atoms with Crippen LogP contribution in [0.2, 0.25) is 0 Å². The average Bonchev–Trinajstić information content (AvgIpc) is 2.49. The number of carbonyl (C=O) groups is 1. The summed E-state index contributed by atoms with van der Waals surface area (Å²) in [5, 5.41) is 12.7. The predicted molar refractivity (Wildman–Crippen MR) is 90.1 cm³/mol. The van der Waals surface area contributed by atoms with E-state index >= 15 is 0 Å². The summed E-state index contributed by atoms with van der Waals surface area (Å²) in [6, 6.07) is 7.43. The van der Waals surface area contributed by atoms with Crippen molar-refractivity contribution in [1.29, 1.82) is 0 Å². The molecule has 2 N–H and O–H groups in total. The van der Waals surface area contributed by atoms with Crippen LogP contribution in [-0.4, -0.2) is 43.6 Å². The van der Waals surface area contributed by atoms with E-state index in [9.17, 15) is 22.7 Å². The van der Waals surface area contributed by atoms with E-state index in [0.29, 0.717) is 5.69 Å². The summed E-state index contributed by atoms with van der Waals surface area (Å²) in [5.41, 5.74) is -1.08. The second kappa shape index (κ2) is 6.70. The standard InChI is InChI=1S/C15H16BFN2O4S/c1-15(21,14(20)19-11-4-7-13(16)18-8-11)9-24(22,23)12-5-2-10(17)3-6-12/h2-8,21H,9,16H2,1H3,(H,19,20)/t15-/m0/s1. The molecule has 0 spiro atoms. The summed E-state index contributed by atoms with van der Waals surface area (Å²) in [7, 11) is -2.20. The maximum atomic E-state index is 12.9. The van der Waals surface area contributed by atoms with Crippen molar-refractivity contribution in [3.63, 3.8) is 0 Å². The molecule has 1 aromatic carbocycles. The smallest absolute Gasteiger partial charge is 0.257 e. The van der Waals surface area contributed by atoms with E-state index < -0.39 is 32.9 Å². The molecule has 126 valence electrons. The molecule has 1 aromatic heterocycles. The zero-order valence-electron chi connectivity index (χ0n) is 13.2. The average molecular weight is 350 g/mol. The van der Waals surface area contributed by atoms with Gasteiger partial charge in [0.05, 0.1) is 16.3 Å². The Kier molecular flexibility index (Phi) is 5.05. The third-order valence-corrected chi connectivity index (χ3v) is 5.23. The number of rotatable bonds is 5. The Balaban J connectivity index is 2.15. The van der Waals surface area contributed by atoms with E-state index in [1.807, 2.05) is 0 Å². The lowest BCUT2D eigenvalue weighted by Gasteiger charge is -2.22. The highest BCUT2D eigenvalue weighted by Gasteiger charge is 2.36. The van der Waals surface area contributed by atoms with Gasteiger partial charge < -0.3 is 10.4 Å². The Morgan fingerprint density at radius 1 is 1.29 bits per heavy atom. The molecular weight excluding hydrogens is 334 g/mol. The van der Waals surface area contributed by atoms with Crippen LogP contribution >= 0.6 is 0 Å². The fraction of sp³-hybridized carbons (Fsp3) is 0.200. The molecule has 0 unspecified atom stereocenters. The molecule has 0 saturated heterocycles. The van der Waals surface area contributed by atoms with Gasteiger partial charge in [-0.3, -0.25) is 9.78 Å². The summed E-state index contributed by atoms with van der Waals surface area (Å²) >= 11 is 0. The molecule has 0 radical (unpaired) electrons. The summed E-state index contributed by atoms with van der Waals surface area (Å²) in [5.74, 6) is -2.29. The summed E-state index contributed by atoms with van der Waals surface area (Å²) in [6.07, 6.45) is 1.40. The number of benzene rings is 1. The number of aromatic nitrogens is 1. The molecule has 0 aliphatic rings. The molecule has 9 heteroatoms. The Hall–Kier alpha value is -2.26. The van der Waals surface area contributed by atoms with Crippen molar-refractivity contribution < 1.29 is 22.7 Å². The van der Waals surface area contributed by atoms with Crippen molar-refractivity contribution in [3.8, 4) is 0 Å². The van der Waals surface area contributed by atoms with Crippen LogP contribution in [0.25, 0.3) is 0 Å². The maximum Gasteiger partial charge on any atom is 0.257 e. The Labute approximate surface area is 140 Å². The minimum Gasteiger partial charge on any atom is -0.379 e. The first-order valence-electron chi connectivity index (χ1n) is 7.05. The first-order valence-corrected chi connectivity index (χ1v) is 8.70. The number of hydrogen-bond acceptors (Lipinski definition) is 5. The topological polar surface area (TPSA) is 96.4 Å². The molecule has 6 nitrogen and oxygen atoms in total. The van der Waals surface area contributed by atoms with Crippen molar-refractivity contribution >= 4 is 34.9 Å². The highest BCUT2D eigenvalue weighted by atomic mass is 32.2. The van der Waals surface area contributed by atoms with E-state index in [0.717, 1.165) is 36.8 Å². The molecule has 1 amide bonds. The van der Waals surface area contributed by atoms with E-state index in [1.54, 1.807) is 20.0 Å². The van der Waals surface area contributed by atoms with Crippen LogP contribution in [0.4, 0.5) is 10.1 Å². The van der Waals surface area contributed by atoms with Crippen LogP contribution in [0, 0.1) is 5.82 Å².